The van der Waals surface area contributed by atoms with E-state index < -0.39 is 0 Å². The molecule has 2 N–H and O–H groups in total. The lowest BCUT2D eigenvalue weighted by Crippen LogP contribution is -2.12. The molecule has 23 heavy (non-hydrogen) atoms. The van der Waals surface area contributed by atoms with Crippen molar-refractivity contribution in [2.24, 2.45) is 0 Å². The lowest BCUT2D eigenvalue weighted by molar-refractivity contribution is 0.102. The van der Waals surface area contributed by atoms with Crippen LogP contribution in [0.2, 0.25) is 0 Å². The molecule has 0 aliphatic rings. The average Bonchev–Trinajstić information content (AvgIpc) is 2.55. The highest BCUT2D eigenvalue weighted by molar-refractivity contribution is 6.08. The van der Waals surface area contributed by atoms with Crippen molar-refractivity contribution in [1.82, 2.24) is 0 Å². The number of benzene rings is 3. The Kier molecular flexibility index (Phi) is 4.15. The topological polar surface area (TPSA) is 58.6 Å². The SMILES string of the molecule is CCOc1cccc(NC(=O)c2cc3ccccc3cc2O)c1. The minimum atomic E-state index is -0.359. The highest BCUT2D eigenvalue weighted by Crippen LogP contribution is 2.26. The summed E-state index contributed by atoms with van der Waals surface area (Å²) in [7, 11) is 0. The van der Waals surface area contributed by atoms with Gasteiger partial charge in [0.1, 0.15) is 11.5 Å². The molecule has 3 aromatic rings. The predicted octanol–water partition coefficient (Wildman–Crippen LogP) is 4.20. The monoisotopic (exact) mass is 307 g/mol. The van der Waals surface area contributed by atoms with E-state index in [9.17, 15) is 9.90 Å². The molecule has 0 unspecified atom stereocenters. The van der Waals surface area contributed by atoms with Gasteiger partial charge in [-0.1, -0.05) is 30.3 Å². The smallest absolute Gasteiger partial charge is 0.259 e. The van der Waals surface area contributed by atoms with E-state index >= 15 is 0 Å². The number of phenolic OH excluding ortho intramolecular Hbond substituents is 1. The summed E-state index contributed by atoms with van der Waals surface area (Å²) < 4.78 is 5.41. The average molecular weight is 307 g/mol. The Morgan fingerprint density at radius 1 is 1.04 bits per heavy atom. The summed E-state index contributed by atoms with van der Waals surface area (Å²) in [5.41, 5.74) is 0.860. The van der Waals surface area contributed by atoms with Gasteiger partial charge in [-0.2, -0.15) is 0 Å². The van der Waals surface area contributed by atoms with Crippen molar-refractivity contribution >= 4 is 22.4 Å². The fourth-order valence-electron chi connectivity index (χ4n) is 2.44. The van der Waals surface area contributed by atoms with Gasteiger partial charge in [-0.3, -0.25) is 4.79 Å². The van der Waals surface area contributed by atoms with Crippen molar-refractivity contribution in [3.8, 4) is 11.5 Å². The molecule has 0 atom stereocenters. The normalized spacial score (nSPS) is 10.5. The molecule has 0 saturated carbocycles. The molecule has 0 aromatic heterocycles. The van der Waals surface area contributed by atoms with E-state index in [2.05, 4.69) is 5.32 Å². The van der Waals surface area contributed by atoms with Crippen molar-refractivity contribution < 1.29 is 14.6 Å². The zero-order chi connectivity index (χ0) is 16.2. The molecule has 0 aliphatic carbocycles. The molecule has 0 radical (unpaired) electrons. The molecule has 0 bridgehead atoms. The van der Waals surface area contributed by atoms with Crippen LogP contribution in [0.4, 0.5) is 5.69 Å². The van der Waals surface area contributed by atoms with E-state index in [1.807, 2.05) is 37.3 Å². The Hall–Kier alpha value is -3.01. The predicted molar refractivity (Wildman–Crippen MR) is 91.2 cm³/mol. The van der Waals surface area contributed by atoms with Crippen LogP contribution in [0.5, 0.6) is 11.5 Å². The number of fused-ring (bicyclic) bond motifs is 1. The first-order valence-corrected chi connectivity index (χ1v) is 7.43. The van der Waals surface area contributed by atoms with Gasteiger partial charge in [0, 0.05) is 11.8 Å². The van der Waals surface area contributed by atoms with E-state index in [0.717, 1.165) is 10.8 Å². The summed E-state index contributed by atoms with van der Waals surface area (Å²) in [5, 5.41) is 14.7. The fraction of sp³-hybridized carbons (Fsp3) is 0.105. The third kappa shape index (κ3) is 3.26. The van der Waals surface area contributed by atoms with Gasteiger partial charge in [-0.05, 0) is 42.0 Å². The number of nitrogens with one attached hydrogen (secondary N) is 1. The van der Waals surface area contributed by atoms with Crippen LogP contribution in [-0.4, -0.2) is 17.6 Å². The Morgan fingerprint density at radius 3 is 2.52 bits per heavy atom. The highest BCUT2D eigenvalue weighted by atomic mass is 16.5. The summed E-state index contributed by atoms with van der Waals surface area (Å²) >= 11 is 0. The molecule has 3 aromatic carbocycles. The molecule has 0 aliphatic heterocycles. The van der Waals surface area contributed by atoms with Gasteiger partial charge in [0.2, 0.25) is 0 Å². The van der Waals surface area contributed by atoms with Gasteiger partial charge in [0.15, 0.2) is 0 Å². The molecule has 0 fully saturated rings. The summed E-state index contributed by atoms with van der Waals surface area (Å²) in [5.74, 6) is 0.289. The standard InChI is InChI=1S/C19H17NO3/c1-2-23-16-9-5-8-15(12-16)20-19(22)17-10-13-6-3-4-7-14(13)11-18(17)21/h3-12,21H,2H2,1H3,(H,20,22). The zero-order valence-corrected chi connectivity index (χ0v) is 12.7. The van der Waals surface area contributed by atoms with Gasteiger partial charge >= 0.3 is 0 Å². The first-order valence-electron chi connectivity index (χ1n) is 7.43. The third-order valence-corrected chi connectivity index (χ3v) is 3.51. The number of phenols is 1. The van der Waals surface area contributed by atoms with Crippen molar-refractivity contribution in [2.45, 2.75) is 6.92 Å². The first-order chi connectivity index (χ1) is 11.2. The van der Waals surface area contributed by atoms with Crippen LogP contribution >= 0.6 is 0 Å². The summed E-state index contributed by atoms with van der Waals surface area (Å²) in [6.45, 7) is 2.46. The molecule has 1 amide bonds. The molecular formula is C19H17NO3. The van der Waals surface area contributed by atoms with E-state index in [1.165, 1.54) is 0 Å². The number of carbonyl (C=O) groups is 1. The van der Waals surface area contributed by atoms with E-state index in [4.69, 9.17) is 4.74 Å². The Bertz CT molecular complexity index is 858. The number of amides is 1. The molecule has 0 saturated heterocycles. The van der Waals surface area contributed by atoms with Gasteiger partial charge in [-0.15, -0.1) is 0 Å². The van der Waals surface area contributed by atoms with Crippen LogP contribution in [0, 0.1) is 0 Å². The molecule has 4 nitrogen and oxygen atoms in total. The molecule has 4 heteroatoms. The largest absolute Gasteiger partial charge is 0.507 e. The molecule has 0 spiro atoms. The summed E-state index contributed by atoms with van der Waals surface area (Å²) in [6, 6.07) is 18.0. The molecule has 116 valence electrons. The number of aromatic hydroxyl groups is 1. The highest BCUT2D eigenvalue weighted by Gasteiger charge is 2.13. The van der Waals surface area contributed by atoms with Gasteiger partial charge in [0.25, 0.3) is 5.91 Å². The second kappa shape index (κ2) is 6.40. The van der Waals surface area contributed by atoms with E-state index in [-0.39, 0.29) is 17.2 Å². The second-order valence-corrected chi connectivity index (χ2v) is 5.13. The van der Waals surface area contributed by atoms with Crippen molar-refractivity contribution in [3.63, 3.8) is 0 Å². The van der Waals surface area contributed by atoms with Crippen molar-refractivity contribution in [1.29, 1.82) is 0 Å². The third-order valence-electron chi connectivity index (χ3n) is 3.51. The minimum absolute atomic E-state index is 0.0397. The quantitative estimate of drug-likeness (QED) is 0.759. The van der Waals surface area contributed by atoms with Crippen LogP contribution in [0.25, 0.3) is 10.8 Å². The second-order valence-electron chi connectivity index (χ2n) is 5.13. The van der Waals surface area contributed by atoms with Crippen LogP contribution in [0.15, 0.2) is 60.7 Å². The number of hydrogen-bond acceptors (Lipinski definition) is 3. The lowest BCUT2D eigenvalue weighted by atomic mass is 10.1. The summed E-state index contributed by atoms with van der Waals surface area (Å²) in [6.07, 6.45) is 0. The van der Waals surface area contributed by atoms with Crippen LogP contribution in [-0.2, 0) is 0 Å². The van der Waals surface area contributed by atoms with Crippen LogP contribution in [0.3, 0.4) is 0 Å². The van der Waals surface area contributed by atoms with Gasteiger partial charge in [-0.25, -0.2) is 0 Å². The number of hydrogen-bond donors (Lipinski definition) is 2. The van der Waals surface area contributed by atoms with Crippen molar-refractivity contribution in [3.05, 3.63) is 66.2 Å². The Morgan fingerprint density at radius 2 is 1.78 bits per heavy atom. The fourth-order valence-corrected chi connectivity index (χ4v) is 2.44. The summed E-state index contributed by atoms with van der Waals surface area (Å²) in [4.78, 5) is 12.4. The first kappa shape index (κ1) is 14.9. The lowest BCUT2D eigenvalue weighted by Gasteiger charge is -2.10. The maximum absolute atomic E-state index is 12.4. The molecule has 3 rings (SSSR count). The van der Waals surface area contributed by atoms with Crippen LogP contribution < -0.4 is 10.1 Å². The number of anilines is 1. The molecular weight excluding hydrogens is 290 g/mol. The van der Waals surface area contributed by atoms with Gasteiger partial charge < -0.3 is 15.2 Å². The van der Waals surface area contributed by atoms with Crippen molar-refractivity contribution in [2.75, 3.05) is 11.9 Å². The number of carbonyl (C=O) groups excluding carboxylic acids is 1. The van der Waals surface area contributed by atoms with Crippen LogP contribution in [0.1, 0.15) is 17.3 Å². The zero-order valence-electron chi connectivity index (χ0n) is 12.7. The van der Waals surface area contributed by atoms with E-state index in [1.54, 1.807) is 30.3 Å². The number of rotatable bonds is 4. The minimum Gasteiger partial charge on any atom is -0.507 e. The van der Waals surface area contributed by atoms with Gasteiger partial charge in [0.05, 0.1) is 12.2 Å². The number of ether oxygens (including phenoxy) is 1. The molecule has 0 heterocycles. The maximum atomic E-state index is 12.4. The maximum Gasteiger partial charge on any atom is 0.259 e. The van der Waals surface area contributed by atoms with E-state index in [0.29, 0.717) is 18.0 Å². The Labute approximate surface area is 134 Å². The Balaban J connectivity index is 1.88.